The van der Waals surface area contributed by atoms with Gasteiger partial charge in [-0.15, -0.1) is 0 Å². The highest BCUT2D eigenvalue weighted by Crippen LogP contribution is 2.36. The largest absolute Gasteiger partial charge is 0.497 e. The van der Waals surface area contributed by atoms with Crippen LogP contribution < -0.4 is 9.64 Å². The molecule has 0 bridgehead atoms. The number of anilines is 1. The average molecular weight is 431 g/mol. The first-order valence-electron chi connectivity index (χ1n) is 10.6. The maximum atomic E-state index is 13.6. The Balaban J connectivity index is 1.77. The van der Waals surface area contributed by atoms with Crippen molar-refractivity contribution in [1.82, 2.24) is 9.80 Å². The molecule has 0 aromatic heterocycles. The number of nitriles is 1. The quantitative estimate of drug-likeness (QED) is 0.679. The maximum absolute atomic E-state index is 13.6. The van der Waals surface area contributed by atoms with E-state index < -0.39 is 0 Å². The van der Waals surface area contributed by atoms with Crippen LogP contribution in [-0.4, -0.2) is 62.0 Å². The Labute approximate surface area is 188 Å². The summed E-state index contributed by atoms with van der Waals surface area (Å²) >= 11 is 0. The van der Waals surface area contributed by atoms with Crippen molar-refractivity contribution in [2.75, 3.05) is 39.2 Å². The number of benzene rings is 2. The second-order valence-corrected chi connectivity index (χ2v) is 8.20. The minimum Gasteiger partial charge on any atom is -0.497 e. The van der Waals surface area contributed by atoms with Crippen molar-refractivity contribution in [3.8, 4) is 11.8 Å². The maximum Gasteiger partial charge on any atom is 0.282 e. The van der Waals surface area contributed by atoms with Crippen molar-refractivity contribution < 1.29 is 14.3 Å². The van der Waals surface area contributed by atoms with Crippen LogP contribution in [0.5, 0.6) is 5.75 Å². The number of carbonyl (C=O) groups excluding carboxylic acids is 2. The van der Waals surface area contributed by atoms with Crippen LogP contribution in [0.25, 0.3) is 5.57 Å². The van der Waals surface area contributed by atoms with Gasteiger partial charge >= 0.3 is 0 Å². The fraction of sp³-hybridized carbons (Fsp3) is 0.320. The van der Waals surface area contributed by atoms with Crippen LogP contribution in [0, 0.1) is 11.3 Å². The number of ether oxygens (including phenoxy) is 1. The van der Waals surface area contributed by atoms with Crippen LogP contribution in [0.3, 0.4) is 0 Å². The van der Waals surface area contributed by atoms with E-state index in [0.29, 0.717) is 33.8 Å². The molecule has 2 aromatic rings. The smallest absolute Gasteiger partial charge is 0.282 e. The van der Waals surface area contributed by atoms with Gasteiger partial charge in [-0.1, -0.05) is 12.1 Å². The van der Waals surface area contributed by atoms with Gasteiger partial charge in [-0.3, -0.25) is 9.59 Å². The standard InChI is InChI=1S/C25H26N4O3/c1-27-14-12-19(13-15-27)28(2)23-22(18-6-10-21(32-3)11-7-18)24(30)29(25(23)31)20-8-4-17(16-26)5-9-20/h4-11,19H,12-15H2,1-3H3. The number of methoxy groups -OCH3 is 1. The lowest BCUT2D eigenvalue weighted by Gasteiger charge is -2.36. The molecule has 0 aliphatic carbocycles. The van der Waals surface area contributed by atoms with E-state index in [1.807, 2.05) is 24.1 Å². The average Bonchev–Trinajstić information content (AvgIpc) is 3.09. The van der Waals surface area contributed by atoms with E-state index in [4.69, 9.17) is 10.00 Å². The summed E-state index contributed by atoms with van der Waals surface area (Å²) in [4.78, 5) is 32.7. The predicted octanol–water partition coefficient (Wildman–Crippen LogP) is 2.88. The molecule has 7 heteroatoms. The zero-order chi connectivity index (χ0) is 22.8. The predicted molar refractivity (Wildman–Crippen MR) is 122 cm³/mol. The van der Waals surface area contributed by atoms with E-state index in [1.54, 1.807) is 43.5 Å². The third-order valence-corrected chi connectivity index (χ3v) is 6.28. The van der Waals surface area contributed by atoms with Crippen LogP contribution in [0.2, 0.25) is 0 Å². The van der Waals surface area contributed by atoms with Crippen molar-refractivity contribution in [3.05, 3.63) is 65.4 Å². The van der Waals surface area contributed by atoms with Gasteiger partial charge in [-0.25, -0.2) is 4.90 Å². The summed E-state index contributed by atoms with van der Waals surface area (Å²) in [6.45, 7) is 1.89. The molecule has 1 saturated heterocycles. The van der Waals surface area contributed by atoms with E-state index in [2.05, 4.69) is 18.0 Å². The molecule has 0 N–H and O–H groups in total. The highest BCUT2D eigenvalue weighted by Gasteiger charge is 2.43. The molecule has 164 valence electrons. The Hall–Kier alpha value is -3.63. The van der Waals surface area contributed by atoms with Crippen LogP contribution in [-0.2, 0) is 9.59 Å². The van der Waals surface area contributed by atoms with Crippen LogP contribution in [0.4, 0.5) is 5.69 Å². The molecular weight excluding hydrogens is 404 g/mol. The molecule has 0 radical (unpaired) electrons. The first kappa shape index (κ1) is 21.6. The van der Waals surface area contributed by atoms with E-state index in [0.717, 1.165) is 25.9 Å². The van der Waals surface area contributed by atoms with E-state index in [9.17, 15) is 9.59 Å². The Bertz CT molecular complexity index is 1090. The molecule has 32 heavy (non-hydrogen) atoms. The van der Waals surface area contributed by atoms with Gasteiger partial charge in [-0.2, -0.15) is 5.26 Å². The molecule has 2 aromatic carbocycles. The van der Waals surface area contributed by atoms with E-state index >= 15 is 0 Å². The summed E-state index contributed by atoms with van der Waals surface area (Å²) in [5.41, 5.74) is 2.41. The van der Waals surface area contributed by atoms with Gasteiger partial charge in [0.2, 0.25) is 0 Å². The molecule has 0 atom stereocenters. The Kier molecular flexibility index (Phi) is 5.97. The Morgan fingerprint density at radius 3 is 2.19 bits per heavy atom. The highest BCUT2D eigenvalue weighted by molar-refractivity contribution is 6.45. The molecule has 4 rings (SSSR count). The van der Waals surface area contributed by atoms with Crippen molar-refractivity contribution in [2.45, 2.75) is 18.9 Å². The normalized spacial score (nSPS) is 17.6. The summed E-state index contributed by atoms with van der Waals surface area (Å²) in [5.74, 6) is -0.0214. The second-order valence-electron chi connectivity index (χ2n) is 8.20. The molecule has 2 aliphatic heterocycles. The van der Waals surface area contributed by atoms with Gasteiger partial charge in [0.25, 0.3) is 11.8 Å². The summed E-state index contributed by atoms with van der Waals surface area (Å²) in [7, 11) is 5.59. The minimum absolute atomic E-state index is 0.173. The molecule has 2 amide bonds. The summed E-state index contributed by atoms with van der Waals surface area (Å²) in [5, 5.41) is 9.08. The van der Waals surface area contributed by atoms with Crippen LogP contribution in [0.1, 0.15) is 24.0 Å². The van der Waals surface area contributed by atoms with Gasteiger partial charge in [0.15, 0.2) is 0 Å². The Morgan fingerprint density at radius 1 is 1.00 bits per heavy atom. The third-order valence-electron chi connectivity index (χ3n) is 6.28. The fourth-order valence-electron chi connectivity index (χ4n) is 4.35. The van der Waals surface area contributed by atoms with Gasteiger partial charge < -0.3 is 14.5 Å². The molecule has 7 nitrogen and oxygen atoms in total. The fourth-order valence-corrected chi connectivity index (χ4v) is 4.35. The zero-order valence-corrected chi connectivity index (χ0v) is 18.5. The van der Waals surface area contributed by atoms with Crippen molar-refractivity contribution in [1.29, 1.82) is 5.26 Å². The molecule has 0 saturated carbocycles. The first-order chi connectivity index (χ1) is 15.4. The lowest BCUT2D eigenvalue weighted by atomic mass is 10.00. The Morgan fingerprint density at radius 2 is 1.62 bits per heavy atom. The molecule has 1 fully saturated rings. The lowest BCUT2D eigenvalue weighted by molar-refractivity contribution is -0.120. The number of nitrogens with zero attached hydrogens (tertiary/aromatic N) is 4. The van der Waals surface area contributed by atoms with Crippen molar-refractivity contribution in [3.63, 3.8) is 0 Å². The number of amides is 2. The number of hydrogen-bond donors (Lipinski definition) is 0. The van der Waals surface area contributed by atoms with Crippen LogP contribution in [0.15, 0.2) is 54.2 Å². The summed E-state index contributed by atoms with van der Waals surface area (Å²) < 4.78 is 5.25. The van der Waals surface area contributed by atoms with E-state index in [1.165, 1.54) is 4.90 Å². The highest BCUT2D eigenvalue weighted by atomic mass is 16.5. The number of carbonyl (C=O) groups is 2. The second kappa shape index (κ2) is 8.85. The van der Waals surface area contributed by atoms with E-state index in [-0.39, 0.29) is 17.9 Å². The number of piperidine rings is 1. The van der Waals surface area contributed by atoms with Gasteiger partial charge in [0.05, 0.1) is 30.0 Å². The van der Waals surface area contributed by atoms with Gasteiger partial charge in [0, 0.05) is 13.1 Å². The summed E-state index contributed by atoms with van der Waals surface area (Å²) in [6, 6.07) is 15.9. The van der Waals surface area contributed by atoms with Crippen molar-refractivity contribution in [2.24, 2.45) is 0 Å². The number of likely N-dealkylation sites (N-methyl/N-ethyl adjacent to an activating group) is 1. The summed E-state index contributed by atoms with van der Waals surface area (Å²) in [6.07, 6.45) is 1.84. The van der Waals surface area contributed by atoms with Gasteiger partial charge in [0.1, 0.15) is 11.4 Å². The molecule has 2 aliphatic rings. The molecule has 0 spiro atoms. The number of likely N-dealkylation sites (tertiary alicyclic amines) is 1. The lowest BCUT2D eigenvalue weighted by Crippen LogP contribution is -2.43. The molecule has 2 heterocycles. The number of rotatable bonds is 5. The van der Waals surface area contributed by atoms with Crippen molar-refractivity contribution >= 4 is 23.1 Å². The minimum atomic E-state index is -0.361. The van der Waals surface area contributed by atoms with Crippen LogP contribution >= 0.6 is 0 Å². The number of hydrogen-bond acceptors (Lipinski definition) is 6. The SMILES string of the molecule is COc1ccc(C2=C(N(C)C3CCN(C)CC3)C(=O)N(c3ccc(C#N)cc3)C2=O)cc1. The van der Waals surface area contributed by atoms with Gasteiger partial charge in [-0.05, 0) is 74.9 Å². The third kappa shape index (κ3) is 3.85. The number of imide groups is 1. The molecular formula is C25H26N4O3. The molecule has 0 unspecified atom stereocenters. The topological polar surface area (TPSA) is 76.9 Å². The zero-order valence-electron chi connectivity index (χ0n) is 18.5. The first-order valence-corrected chi connectivity index (χ1v) is 10.6. The monoisotopic (exact) mass is 430 g/mol.